The van der Waals surface area contributed by atoms with Crippen molar-refractivity contribution in [3.05, 3.63) is 0 Å². The van der Waals surface area contributed by atoms with Gasteiger partial charge in [-0.05, 0) is 25.2 Å². The molecule has 1 aliphatic carbocycles. The van der Waals surface area contributed by atoms with E-state index in [1.807, 2.05) is 0 Å². The smallest absolute Gasteiger partial charge is 0.131 e. The first-order valence-electron chi connectivity index (χ1n) is 3.26. The maximum Gasteiger partial charge on any atom is 0.131 e. The van der Waals surface area contributed by atoms with E-state index in [-0.39, 0.29) is 0 Å². The molecule has 9 heavy (non-hydrogen) atoms. The van der Waals surface area contributed by atoms with Crippen LogP contribution < -0.4 is 0 Å². The first-order valence-corrected chi connectivity index (χ1v) is 3.64. The molecule has 2 atom stereocenters. The number of hydrogen-bond donors (Lipinski definition) is 0. The summed E-state index contributed by atoms with van der Waals surface area (Å²) in [6.45, 7) is 2.14. The van der Waals surface area contributed by atoms with E-state index in [1.165, 1.54) is 0 Å². The molecule has 0 bridgehead atoms. The van der Waals surface area contributed by atoms with Crippen LogP contribution in [0.2, 0.25) is 0 Å². The Morgan fingerprint density at radius 2 is 2.44 bits per heavy atom. The molecule has 1 rings (SSSR count). The molecule has 0 saturated heterocycles. The molecule has 0 spiro atoms. The first kappa shape index (κ1) is 6.89. The maximum absolute atomic E-state index is 8.56. The zero-order valence-corrected chi connectivity index (χ0v) is 6.28. The fourth-order valence-electron chi connectivity index (χ4n) is 1.33. The molecule has 0 aromatic heterocycles. The summed E-state index contributed by atoms with van der Waals surface area (Å²) in [4.78, 5) is -0.514. The van der Waals surface area contributed by atoms with Crippen LogP contribution in [0.1, 0.15) is 26.2 Å². The Labute approximate surface area is 60.6 Å². The Morgan fingerprint density at radius 1 is 1.78 bits per heavy atom. The molecule has 1 nitrogen and oxygen atoms in total. The summed E-state index contributed by atoms with van der Waals surface area (Å²) >= 11 is 5.89. The Bertz CT molecular complexity index is 149. The van der Waals surface area contributed by atoms with Crippen LogP contribution in [-0.2, 0) is 0 Å². The molecule has 0 radical (unpaired) electrons. The van der Waals surface area contributed by atoms with Gasteiger partial charge in [-0.1, -0.05) is 6.92 Å². The summed E-state index contributed by atoms with van der Waals surface area (Å²) in [5, 5.41) is 8.56. The largest absolute Gasteiger partial charge is 0.196 e. The minimum Gasteiger partial charge on any atom is -0.196 e. The fourth-order valence-corrected chi connectivity index (χ4v) is 1.71. The van der Waals surface area contributed by atoms with Crippen molar-refractivity contribution in [2.45, 2.75) is 31.1 Å². The van der Waals surface area contributed by atoms with Gasteiger partial charge in [0.2, 0.25) is 0 Å². The molecule has 0 aromatic carbocycles. The highest BCUT2D eigenvalue weighted by Crippen LogP contribution is 2.38. The monoisotopic (exact) mass is 143 g/mol. The summed E-state index contributed by atoms with van der Waals surface area (Å²) in [6.07, 6.45) is 2.84. The van der Waals surface area contributed by atoms with E-state index in [1.54, 1.807) is 0 Å². The SMILES string of the molecule is CC1CCC(Cl)(C#N)C1. The normalized spacial score (nSPS) is 42.6. The number of alkyl halides is 1. The molecule has 0 aromatic rings. The highest BCUT2D eigenvalue weighted by atomic mass is 35.5. The molecular formula is C7H10ClN. The minimum absolute atomic E-state index is 0.514. The second kappa shape index (κ2) is 2.19. The number of hydrogen-bond acceptors (Lipinski definition) is 1. The van der Waals surface area contributed by atoms with E-state index < -0.39 is 4.87 Å². The predicted molar refractivity (Wildman–Crippen MR) is 37.2 cm³/mol. The van der Waals surface area contributed by atoms with Gasteiger partial charge in [0.15, 0.2) is 0 Å². The van der Waals surface area contributed by atoms with E-state index in [0.29, 0.717) is 5.92 Å². The summed E-state index contributed by atoms with van der Waals surface area (Å²) in [5.41, 5.74) is 0. The van der Waals surface area contributed by atoms with Gasteiger partial charge in [0, 0.05) is 0 Å². The Morgan fingerprint density at radius 3 is 2.67 bits per heavy atom. The Hall–Kier alpha value is -0.220. The third-order valence-corrected chi connectivity index (χ3v) is 2.33. The molecule has 0 amide bonds. The zero-order chi connectivity index (χ0) is 6.91. The van der Waals surface area contributed by atoms with E-state index in [9.17, 15) is 0 Å². The van der Waals surface area contributed by atoms with Gasteiger partial charge in [0.05, 0.1) is 6.07 Å². The lowest BCUT2D eigenvalue weighted by Gasteiger charge is -2.08. The summed E-state index contributed by atoms with van der Waals surface area (Å²) in [5.74, 6) is 0.641. The number of nitrogens with zero attached hydrogens (tertiary/aromatic N) is 1. The molecule has 0 N–H and O–H groups in total. The lowest BCUT2D eigenvalue weighted by atomic mass is 10.1. The summed E-state index contributed by atoms with van der Waals surface area (Å²) in [7, 11) is 0. The average Bonchev–Trinajstić information content (AvgIpc) is 2.13. The van der Waals surface area contributed by atoms with Crippen molar-refractivity contribution in [2.24, 2.45) is 5.92 Å². The Balaban J connectivity index is 2.58. The van der Waals surface area contributed by atoms with Gasteiger partial charge >= 0.3 is 0 Å². The molecule has 1 saturated carbocycles. The number of nitriles is 1. The molecule has 1 fully saturated rings. The van der Waals surface area contributed by atoms with Gasteiger partial charge < -0.3 is 0 Å². The molecule has 1 aliphatic rings. The van der Waals surface area contributed by atoms with Crippen molar-refractivity contribution in [2.75, 3.05) is 0 Å². The van der Waals surface area contributed by atoms with Crippen molar-refractivity contribution >= 4 is 11.6 Å². The second-order valence-electron chi connectivity index (χ2n) is 2.93. The van der Waals surface area contributed by atoms with Crippen LogP contribution in [0.4, 0.5) is 0 Å². The van der Waals surface area contributed by atoms with Crippen LogP contribution in [0, 0.1) is 17.2 Å². The van der Waals surface area contributed by atoms with Gasteiger partial charge in [-0.25, -0.2) is 0 Å². The first-order chi connectivity index (χ1) is 4.16. The van der Waals surface area contributed by atoms with Gasteiger partial charge in [0.1, 0.15) is 4.87 Å². The van der Waals surface area contributed by atoms with Crippen molar-refractivity contribution in [1.29, 1.82) is 5.26 Å². The van der Waals surface area contributed by atoms with Gasteiger partial charge in [0.25, 0.3) is 0 Å². The molecule has 2 unspecified atom stereocenters. The average molecular weight is 144 g/mol. The quantitative estimate of drug-likeness (QED) is 0.478. The lowest BCUT2D eigenvalue weighted by Crippen LogP contribution is -2.12. The van der Waals surface area contributed by atoms with Crippen LogP contribution in [0.5, 0.6) is 0 Å². The predicted octanol–water partition coefficient (Wildman–Crippen LogP) is 2.31. The summed E-state index contributed by atoms with van der Waals surface area (Å²) in [6, 6.07) is 2.14. The van der Waals surface area contributed by atoms with Crippen LogP contribution in [0.25, 0.3) is 0 Å². The Kier molecular flexibility index (Phi) is 1.68. The molecule has 2 heteroatoms. The van der Waals surface area contributed by atoms with Crippen molar-refractivity contribution in [1.82, 2.24) is 0 Å². The molecule has 0 aliphatic heterocycles. The minimum atomic E-state index is -0.514. The third-order valence-electron chi connectivity index (χ3n) is 1.91. The van der Waals surface area contributed by atoms with Gasteiger partial charge in [-0.3, -0.25) is 0 Å². The van der Waals surface area contributed by atoms with Gasteiger partial charge in [-0.15, -0.1) is 11.6 Å². The number of halogens is 1. The highest BCUT2D eigenvalue weighted by molar-refractivity contribution is 6.26. The van der Waals surface area contributed by atoms with Crippen molar-refractivity contribution < 1.29 is 0 Å². The topological polar surface area (TPSA) is 23.8 Å². The van der Waals surface area contributed by atoms with Crippen molar-refractivity contribution in [3.8, 4) is 6.07 Å². The van der Waals surface area contributed by atoms with E-state index in [2.05, 4.69) is 13.0 Å². The fraction of sp³-hybridized carbons (Fsp3) is 0.857. The highest BCUT2D eigenvalue weighted by Gasteiger charge is 2.35. The molecule has 50 valence electrons. The van der Waals surface area contributed by atoms with Crippen LogP contribution in [-0.4, -0.2) is 4.87 Å². The second-order valence-corrected chi connectivity index (χ2v) is 3.65. The number of rotatable bonds is 0. The van der Waals surface area contributed by atoms with Crippen LogP contribution in [0.3, 0.4) is 0 Å². The maximum atomic E-state index is 8.56. The van der Waals surface area contributed by atoms with Gasteiger partial charge in [-0.2, -0.15) is 5.26 Å². The van der Waals surface area contributed by atoms with Crippen LogP contribution in [0.15, 0.2) is 0 Å². The van der Waals surface area contributed by atoms with Crippen molar-refractivity contribution in [3.63, 3.8) is 0 Å². The third kappa shape index (κ3) is 1.37. The molecular weight excluding hydrogens is 134 g/mol. The van der Waals surface area contributed by atoms with Crippen LogP contribution >= 0.6 is 11.6 Å². The van der Waals surface area contributed by atoms with E-state index in [0.717, 1.165) is 19.3 Å². The van der Waals surface area contributed by atoms with E-state index >= 15 is 0 Å². The zero-order valence-electron chi connectivity index (χ0n) is 5.52. The molecule has 0 heterocycles. The summed E-state index contributed by atoms with van der Waals surface area (Å²) < 4.78 is 0. The van der Waals surface area contributed by atoms with E-state index in [4.69, 9.17) is 16.9 Å². The standard InChI is InChI=1S/C7H10ClN/c1-6-2-3-7(8,4-6)5-9/h6H,2-4H2,1H3. The lowest BCUT2D eigenvalue weighted by molar-refractivity contribution is 0.600.